The van der Waals surface area contributed by atoms with E-state index in [0.29, 0.717) is 5.76 Å². The lowest BCUT2D eigenvalue weighted by Gasteiger charge is -2.24. The molecule has 1 aromatic carbocycles. The Bertz CT molecular complexity index is 690. The standard InChI is InChI=1S/C19H25NO6/c1-4-14(12-7-9-13(10-8-12)20(5-2)6-3)25-15(11-21)18-16(22)17(23)19(24)26-18/h4,7-10,15,18,21-23H,5-6,11H2,1-3H3. The minimum absolute atomic E-state index is 0.463. The number of hydrogen-bond acceptors (Lipinski definition) is 7. The molecule has 3 N–H and O–H groups in total. The number of benzene rings is 1. The van der Waals surface area contributed by atoms with Crippen molar-refractivity contribution in [3.05, 3.63) is 47.4 Å². The lowest BCUT2D eigenvalue weighted by atomic mass is 10.1. The van der Waals surface area contributed by atoms with Crippen molar-refractivity contribution in [3.8, 4) is 0 Å². The lowest BCUT2D eigenvalue weighted by Crippen LogP contribution is -2.34. The Balaban J connectivity index is 2.17. The number of cyclic esters (lactones) is 1. The van der Waals surface area contributed by atoms with Gasteiger partial charge in [0.25, 0.3) is 0 Å². The molecule has 0 spiro atoms. The van der Waals surface area contributed by atoms with Gasteiger partial charge in [-0.25, -0.2) is 4.79 Å². The highest BCUT2D eigenvalue weighted by Crippen LogP contribution is 2.28. The van der Waals surface area contributed by atoms with Crippen molar-refractivity contribution in [1.29, 1.82) is 0 Å². The zero-order chi connectivity index (χ0) is 19.3. The quantitative estimate of drug-likeness (QED) is 0.482. The third-order valence-corrected chi connectivity index (χ3v) is 4.28. The molecule has 2 atom stereocenters. The zero-order valence-electron chi connectivity index (χ0n) is 15.2. The molecule has 0 radical (unpaired) electrons. The highest BCUT2D eigenvalue weighted by atomic mass is 16.6. The second-order valence-electron chi connectivity index (χ2n) is 5.77. The Kier molecular flexibility index (Phi) is 6.52. The molecule has 7 nitrogen and oxygen atoms in total. The molecule has 2 unspecified atom stereocenters. The summed E-state index contributed by atoms with van der Waals surface area (Å²) >= 11 is 0. The first-order valence-corrected chi connectivity index (χ1v) is 8.59. The predicted molar refractivity (Wildman–Crippen MR) is 97.8 cm³/mol. The molecule has 0 aliphatic carbocycles. The van der Waals surface area contributed by atoms with E-state index >= 15 is 0 Å². The fourth-order valence-electron chi connectivity index (χ4n) is 2.80. The highest BCUT2D eigenvalue weighted by molar-refractivity contribution is 5.89. The molecule has 1 aliphatic rings. The minimum Gasteiger partial charge on any atom is -0.505 e. The first-order valence-electron chi connectivity index (χ1n) is 8.59. The van der Waals surface area contributed by atoms with E-state index in [0.717, 1.165) is 24.3 Å². The number of hydrogen-bond donors (Lipinski definition) is 3. The number of carbonyl (C=O) groups excluding carboxylic acids is 1. The van der Waals surface area contributed by atoms with Crippen LogP contribution in [-0.4, -0.2) is 53.2 Å². The van der Waals surface area contributed by atoms with E-state index in [1.807, 2.05) is 24.3 Å². The maximum absolute atomic E-state index is 11.4. The van der Waals surface area contributed by atoms with Crippen molar-refractivity contribution < 1.29 is 29.6 Å². The van der Waals surface area contributed by atoms with Gasteiger partial charge in [-0.2, -0.15) is 0 Å². The van der Waals surface area contributed by atoms with Crippen LogP contribution in [0.4, 0.5) is 5.69 Å². The maximum atomic E-state index is 11.4. The molecule has 26 heavy (non-hydrogen) atoms. The Morgan fingerprint density at radius 3 is 2.31 bits per heavy atom. The molecule has 7 heteroatoms. The summed E-state index contributed by atoms with van der Waals surface area (Å²) < 4.78 is 10.6. The molecule has 0 amide bonds. The largest absolute Gasteiger partial charge is 0.505 e. The molecule has 1 aliphatic heterocycles. The predicted octanol–water partition coefficient (Wildman–Crippen LogP) is 2.52. The van der Waals surface area contributed by atoms with Gasteiger partial charge in [0.1, 0.15) is 5.76 Å². The van der Waals surface area contributed by atoms with Crippen LogP contribution in [-0.2, 0) is 14.3 Å². The summed E-state index contributed by atoms with van der Waals surface area (Å²) in [5, 5.41) is 28.8. The molecular weight excluding hydrogens is 338 g/mol. The van der Waals surface area contributed by atoms with Crippen molar-refractivity contribution in [2.45, 2.75) is 33.0 Å². The van der Waals surface area contributed by atoms with Crippen LogP contribution < -0.4 is 4.90 Å². The monoisotopic (exact) mass is 363 g/mol. The summed E-state index contributed by atoms with van der Waals surface area (Å²) in [4.78, 5) is 13.6. The van der Waals surface area contributed by atoms with Gasteiger partial charge in [0.05, 0.1) is 6.61 Å². The number of allylic oxidation sites excluding steroid dienone is 1. The fraction of sp³-hybridized carbons (Fsp3) is 0.421. The number of aliphatic hydroxyl groups excluding tert-OH is 3. The molecular formula is C19H25NO6. The third kappa shape index (κ3) is 3.94. The smallest absolute Gasteiger partial charge is 0.378 e. The van der Waals surface area contributed by atoms with E-state index in [1.165, 1.54) is 0 Å². The van der Waals surface area contributed by atoms with E-state index in [-0.39, 0.29) is 0 Å². The van der Waals surface area contributed by atoms with E-state index in [4.69, 9.17) is 9.47 Å². The van der Waals surface area contributed by atoms with Crippen LogP contribution in [0.25, 0.3) is 5.76 Å². The summed E-state index contributed by atoms with van der Waals surface area (Å²) in [5.74, 6) is -2.07. The van der Waals surface area contributed by atoms with Gasteiger partial charge < -0.3 is 29.7 Å². The van der Waals surface area contributed by atoms with Crippen LogP contribution in [0.2, 0.25) is 0 Å². The van der Waals surface area contributed by atoms with E-state index < -0.39 is 36.3 Å². The van der Waals surface area contributed by atoms with Crippen LogP contribution in [0.15, 0.2) is 41.9 Å². The molecule has 142 valence electrons. The van der Waals surface area contributed by atoms with Gasteiger partial charge in [0, 0.05) is 24.3 Å². The first-order chi connectivity index (χ1) is 12.5. The second kappa shape index (κ2) is 8.62. The number of carbonyl (C=O) groups is 1. The van der Waals surface area contributed by atoms with Gasteiger partial charge in [-0.1, -0.05) is 0 Å². The molecule has 0 aromatic heterocycles. The zero-order valence-corrected chi connectivity index (χ0v) is 15.2. The summed E-state index contributed by atoms with van der Waals surface area (Å²) in [6, 6.07) is 7.74. The van der Waals surface area contributed by atoms with Gasteiger partial charge in [-0.05, 0) is 51.1 Å². The summed E-state index contributed by atoms with van der Waals surface area (Å²) in [5.41, 5.74) is 1.86. The molecule has 0 saturated heterocycles. The number of rotatable bonds is 8. The number of aliphatic hydroxyl groups is 3. The van der Waals surface area contributed by atoms with Gasteiger partial charge in [0.2, 0.25) is 11.9 Å². The Hall–Kier alpha value is -2.67. The maximum Gasteiger partial charge on any atom is 0.378 e. The van der Waals surface area contributed by atoms with Crippen molar-refractivity contribution in [1.82, 2.24) is 0 Å². The summed E-state index contributed by atoms with van der Waals surface area (Å²) in [6.07, 6.45) is -0.582. The molecule has 0 saturated carbocycles. The number of esters is 1. The average molecular weight is 363 g/mol. The molecule has 0 fully saturated rings. The fourth-order valence-corrected chi connectivity index (χ4v) is 2.80. The molecule has 2 rings (SSSR count). The number of nitrogens with zero attached hydrogens (tertiary/aromatic N) is 1. The molecule has 1 aromatic rings. The van der Waals surface area contributed by atoms with Crippen LogP contribution in [0.5, 0.6) is 0 Å². The third-order valence-electron chi connectivity index (χ3n) is 4.28. The first kappa shape index (κ1) is 19.7. The van der Waals surface area contributed by atoms with Crippen LogP contribution >= 0.6 is 0 Å². The van der Waals surface area contributed by atoms with Crippen LogP contribution in [0.1, 0.15) is 26.3 Å². The second-order valence-corrected chi connectivity index (χ2v) is 5.77. The van der Waals surface area contributed by atoms with Crippen molar-refractivity contribution in [3.63, 3.8) is 0 Å². The van der Waals surface area contributed by atoms with Gasteiger partial charge in [-0.3, -0.25) is 0 Å². The Morgan fingerprint density at radius 2 is 1.88 bits per heavy atom. The molecule has 1 heterocycles. The van der Waals surface area contributed by atoms with E-state index in [2.05, 4.69) is 18.7 Å². The van der Waals surface area contributed by atoms with Crippen molar-refractivity contribution in [2.24, 2.45) is 0 Å². The minimum atomic E-state index is -1.25. The lowest BCUT2D eigenvalue weighted by molar-refractivity contribution is -0.147. The van der Waals surface area contributed by atoms with E-state index in [1.54, 1.807) is 13.0 Å². The summed E-state index contributed by atoms with van der Waals surface area (Å²) in [6.45, 7) is 7.24. The van der Waals surface area contributed by atoms with Crippen molar-refractivity contribution >= 4 is 17.4 Å². The topological polar surface area (TPSA) is 99.5 Å². The van der Waals surface area contributed by atoms with Gasteiger partial charge in [-0.15, -0.1) is 0 Å². The Labute approximate surface area is 152 Å². The van der Waals surface area contributed by atoms with Gasteiger partial charge >= 0.3 is 5.97 Å². The average Bonchev–Trinajstić information content (AvgIpc) is 2.92. The SMILES string of the molecule is CC=C(OC(CO)C1OC(=O)C(O)=C1O)c1ccc(N(CC)CC)cc1. The van der Waals surface area contributed by atoms with Gasteiger partial charge in [0.15, 0.2) is 11.9 Å². The number of anilines is 1. The van der Waals surface area contributed by atoms with Crippen molar-refractivity contribution in [2.75, 3.05) is 24.6 Å². The molecule has 0 bridgehead atoms. The number of ether oxygens (including phenoxy) is 2. The van der Waals surface area contributed by atoms with E-state index in [9.17, 15) is 20.1 Å². The van der Waals surface area contributed by atoms with Crippen LogP contribution in [0, 0.1) is 0 Å². The normalized spacial score (nSPS) is 18.7. The summed E-state index contributed by atoms with van der Waals surface area (Å²) in [7, 11) is 0. The Morgan fingerprint density at radius 1 is 1.27 bits per heavy atom. The highest BCUT2D eigenvalue weighted by Gasteiger charge is 2.41. The van der Waals surface area contributed by atoms with Crippen LogP contribution in [0.3, 0.4) is 0 Å².